The Morgan fingerprint density at radius 1 is 1.25 bits per heavy atom. The van der Waals surface area contributed by atoms with Gasteiger partial charge >= 0.3 is 0 Å². The lowest BCUT2D eigenvalue weighted by molar-refractivity contribution is -0.129. The maximum atomic E-state index is 12.6. The second-order valence-electron chi connectivity index (χ2n) is 7.61. The summed E-state index contributed by atoms with van der Waals surface area (Å²) in [6, 6.07) is 10.5. The van der Waals surface area contributed by atoms with Gasteiger partial charge in [0.1, 0.15) is 0 Å². The monoisotopic (exact) mass is 330 g/mol. The molecule has 0 radical (unpaired) electrons. The van der Waals surface area contributed by atoms with Crippen molar-refractivity contribution in [1.29, 1.82) is 0 Å². The van der Waals surface area contributed by atoms with Gasteiger partial charge in [-0.2, -0.15) is 0 Å². The molecule has 3 rings (SSSR count). The zero-order valence-corrected chi connectivity index (χ0v) is 14.6. The number of hydrogen-bond acceptors (Lipinski definition) is 3. The molecule has 0 heterocycles. The number of carbonyl (C=O) groups excluding carboxylic acids is 1. The molecule has 3 unspecified atom stereocenters. The second-order valence-corrected chi connectivity index (χ2v) is 7.61. The van der Waals surface area contributed by atoms with Crippen LogP contribution in [0.5, 0.6) is 0 Å². The Morgan fingerprint density at radius 3 is 2.58 bits per heavy atom. The normalized spacial score (nSPS) is 30.6. The lowest BCUT2D eigenvalue weighted by atomic mass is 9.65. The van der Waals surface area contributed by atoms with Gasteiger partial charge in [-0.05, 0) is 50.0 Å². The smallest absolute Gasteiger partial charge is 0.223 e. The molecule has 1 aromatic rings. The number of ether oxygens (including phenoxy) is 1. The molecule has 0 spiro atoms. The molecule has 3 N–H and O–H groups in total. The molecule has 4 heteroatoms. The molecular weight excluding hydrogens is 300 g/mol. The van der Waals surface area contributed by atoms with E-state index < -0.39 is 0 Å². The number of rotatable bonds is 6. The minimum Gasteiger partial charge on any atom is -0.375 e. The first-order valence-corrected chi connectivity index (χ1v) is 9.31. The number of nitrogens with one attached hydrogen (secondary N) is 1. The Morgan fingerprint density at radius 2 is 1.92 bits per heavy atom. The van der Waals surface area contributed by atoms with E-state index in [1.54, 1.807) is 0 Å². The van der Waals surface area contributed by atoms with E-state index in [1.165, 1.54) is 19.3 Å². The first kappa shape index (κ1) is 17.4. The molecule has 2 saturated carbocycles. The average molecular weight is 330 g/mol. The number of fused-ring (bicyclic) bond motifs is 2. The van der Waals surface area contributed by atoms with Crippen LogP contribution in [0.25, 0.3) is 0 Å². The van der Waals surface area contributed by atoms with Gasteiger partial charge in [0.25, 0.3) is 0 Å². The topological polar surface area (TPSA) is 64.3 Å². The quantitative estimate of drug-likeness (QED) is 0.843. The lowest BCUT2D eigenvalue weighted by Gasteiger charge is -2.43. The molecule has 0 saturated heterocycles. The Kier molecular flexibility index (Phi) is 5.90. The number of nitrogens with two attached hydrogens (primary N) is 1. The van der Waals surface area contributed by atoms with E-state index in [0.717, 1.165) is 18.4 Å². The van der Waals surface area contributed by atoms with Crippen molar-refractivity contribution in [3.05, 3.63) is 35.9 Å². The molecule has 0 aromatic heterocycles. The molecule has 1 amide bonds. The van der Waals surface area contributed by atoms with E-state index in [0.29, 0.717) is 31.1 Å². The van der Waals surface area contributed by atoms with E-state index in [1.807, 2.05) is 37.3 Å². The van der Waals surface area contributed by atoms with Crippen molar-refractivity contribution in [2.45, 2.75) is 57.7 Å². The zero-order valence-electron chi connectivity index (χ0n) is 14.6. The van der Waals surface area contributed by atoms with Gasteiger partial charge in [-0.3, -0.25) is 4.79 Å². The fourth-order valence-electron chi connectivity index (χ4n) is 4.33. The van der Waals surface area contributed by atoms with Gasteiger partial charge in [0, 0.05) is 18.0 Å². The molecule has 2 aliphatic rings. The molecule has 2 fully saturated rings. The highest BCUT2D eigenvalue weighted by atomic mass is 16.5. The predicted octanol–water partition coefficient (Wildman–Crippen LogP) is 2.86. The summed E-state index contributed by atoms with van der Waals surface area (Å²) in [5.74, 6) is 1.40. The van der Waals surface area contributed by atoms with Crippen molar-refractivity contribution in [2.24, 2.45) is 23.5 Å². The first-order valence-electron chi connectivity index (χ1n) is 9.31. The minimum absolute atomic E-state index is 0.0386. The number of amides is 1. The molecule has 3 atom stereocenters. The summed E-state index contributed by atoms with van der Waals surface area (Å²) in [7, 11) is 0. The van der Waals surface area contributed by atoms with Crippen LogP contribution in [0.3, 0.4) is 0 Å². The Balaban J connectivity index is 1.41. The van der Waals surface area contributed by atoms with Crippen LogP contribution in [0, 0.1) is 17.8 Å². The number of carbonyl (C=O) groups is 1. The molecule has 132 valence electrons. The molecule has 2 aliphatic carbocycles. The van der Waals surface area contributed by atoms with Gasteiger partial charge in [0.15, 0.2) is 0 Å². The maximum absolute atomic E-state index is 12.6. The van der Waals surface area contributed by atoms with Crippen LogP contribution in [0.15, 0.2) is 30.3 Å². The predicted molar refractivity (Wildman–Crippen MR) is 95.2 cm³/mol. The van der Waals surface area contributed by atoms with Crippen molar-refractivity contribution in [1.82, 2.24) is 5.32 Å². The second kappa shape index (κ2) is 8.13. The minimum atomic E-state index is 0.0386. The van der Waals surface area contributed by atoms with Crippen molar-refractivity contribution >= 4 is 5.91 Å². The molecule has 24 heavy (non-hydrogen) atoms. The maximum Gasteiger partial charge on any atom is 0.223 e. The zero-order chi connectivity index (χ0) is 16.9. The molecule has 0 aliphatic heterocycles. The summed E-state index contributed by atoms with van der Waals surface area (Å²) < 4.78 is 5.73. The van der Waals surface area contributed by atoms with E-state index in [9.17, 15) is 4.79 Å². The van der Waals surface area contributed by atoms with Crippen LogP contribution < -0.4 is 11.1 Å². The third kappa shape index (κ3) is 4.37. The summed E-state index contributed by atoms with van der Waals surface area (Å²) in [5.41, 5.74) is 7.47. The van der Waals surface area contributed by atoms with Crippen molar-refractivity contribution in [3.8, 4) is 0 Å². The number of benzene rings is 1. The highest BCUT2D eigenvalue weighted by Crippen LogP contribution is 2.41. The van der Waals surface area contributed by atoms with Crippen LogP contribution in [-0.4, -0.2) is 24.6 Å². The number of hydrogen-bond donors (Lipinski definition) is 2. The standard InChI is InChI=1S/C20H30N2O2/c1-14(12-24-13-15-6-3-2-4-7-15)22-20(23)18-10-16-8-5-9-17(11-18)19(16)21/h2-4,6-7,14,16-19H,5,8-13,21H2,1H3,(H,22,23). The van der Waals surface area contributed by atoms with E-state index in [2.05, 4.69) is 5.32 Å². The summed E-state index contributed by atoms with van der Waals surface area (Å²) in [4.78, 5) is 12.6. The lowest BCUT2D eigenvalue weighted by Crippen LogP contribution is -2.50. The molecule has 4 nitrogen and oxygen atoms in total. The summed E-state index contributed by atoms with van der Waals surface area (Å²) in [6.07, 6.45) is 5.58. The van der Waals surface area contributed by atoms with E-state index >= 15 is 0 Å². The largest absolute Gasteiger partial charge is 0.375 e. The van der Waals surface area contributed by atoms with Gasteiger partial charge in [0.2, 0.25) is 5.91 Å². The average Bonchev–Trinajstić information content (AvgIpc) is 2.55. The molecular formula is C20H30N2O2. The van der Waals surface area contributed by atoms with Crippen molar-refractivity contribution in [2.75, 3.05) is 6.61 Å². The van der Waals surface area contributed by atoms with Gasteiger partial charge in [0.05, 0.1) is 13.2 Å². The molecule has 1 aromatic carbocycles. The first-order chi connectivity index (χ1) is 11.6. The van der Waals surface area contributed by atoms with Crippen LogP contribution >= 0.6 is 0 Å². The van der Waals surface area contributed by atoms with E-state index in [-0.39, 0.29) is 17.9 Å². The Hall–Kier alpha value is -1.39. The summed E-state index contributed by atoms with van der Waals surface area (Å²) >= 11 is 0. The Labute approximate surface area is 145 Å². The van der Waals surface area contributed by atoms with Gasteiger partial charge in [-0.15, -0.1) is 0 Å². The summed E-state index contributed by atoms with van der Waals surface area (Å²) in [5, 5.41) is 3.14. The van der Waals surface area contributed by atoms with Crippen LogP contribution in [0.1, 0.15) is 44.6 Å². The van der Waals surface area contributed by atoms with Crippen LogP contribution in [0.4, 0.5) is 0 Å². The highest BCUT2D eigenvalue weighted by Gasteiger charge is 2.40. The summed E-state index contributed by atoms with van der Waals surface area (Å²) in [6.45, 7) is 3.14. The van der Waals surface area contributed by atoms with E-state index in [4.69, 9.17) is 10.5 Å². The fourth-order valence-corrected chi connectivity index (χ4v) is 4.33. The van der Waals surface area contributed by atoms with Crippen molar-refractivity contribution in [3.63, 3.8) is 0 Å². The third-order valence-electron chi connectivity index (χ3n) is 5.65. The van der Waals surface area contributed by atoms with Crippen molar-refractivity contribution < 1.29 is 9.53 Å². The molecule has 2 bridgehead atoms. The third-order valence-corrected chi connectivity index (χ3v) is 5.65. The SMILES string of the molecule is CC(COCc1ccccc1)NC(=O)C1CC2CCCC(C1)C2N. The van der Waals surface area contributed by atoms with Gasteiger partial charge < -0.3 is 15.8 Å². The van der Waals surface area contributed by atoms with Crippen LogP contribution in [-0.2, 0) is 16.1 Å². The van der Waals surface area contributed by atoms with Gasteiger partial charge in [-0.1, -0.05) is 36.8 Å². The highest BCUT2D eigenvalue weighted by molar-refractivity contribution is 5.79. The van der Waals surface area contributed by atoms with Gasteiger partial charge in [-0.25, -0.2) is 0 Å². The fraction of sp³-hybridized carbons (Fsp3) is 0.650. The van der Waals surface area contributed by atoms with Crippen LogP contribution in [0.2, 0.25) is 0 Å². The Bertz CT molecular complexity index is 520.